The van der Waals surface area contributed by atoms with Crippen LogP contribution in [0, 0.1) is 0 Å². The number of nitrogens with one attached hydrogen (secondary N) is 2. The number of rotatable bonds is 3. The molecule has 1 unspecified atom stereocenters. The second-order valence-electron chi connectivity index (χ2n) is 4.81. The molecule has 0 saturated heterocycles. The van der Waals surface area contributed by atoms with Crippen LogP contribution in [0.5, 0.6) is 5.75 Å². The first-order valence-corrected chi connectivity index (χ1v) is 6.72. The molecule has 1 amide bonds. The molecule has 7 heteroatoms. The molecule has 110 valence electrons. The van der Waals surface area contributed by atoms with E-state index in [0.717, 1.165) is 30.0 Å². The van der Waals surface area contributed by atoms with Crippen LogP contribution in [0.2, 0.25) is 0 Å². The number of imidazole rings is 1. The molecule has 0 saturated carbocycles. The Kier molecular flexibility index (Phi) is 3.72. The number of nitrogens with zero attached hydrogens (tertiary/aromatic N) is 2. The second-order valence-corrected chi connectivity index (χ2v) is 4.81. The van der Waals surface area contributed by atoms with Crippen molar-refractivity contribution in [2.45, 2.75) is 18.8 Å². The predicted molar refractivity (Wildman–Crippen MR) is 75.4 cm³/mol. The molecular formula is C14H16N4O3. The lowest BCUT2D eigenvalue weighted by Crippen LogP contribution is -2.19. The van der Waals surface area contributed by atoms with E-state index in [1.807, 2.05) is 12.3 Å². The molecule has 7 nitrogen and oxygen atoms in total. The average molecular weight is 288 g/mol. The predicted octanol–water partition coefficient (Wildman–Crippen LogP) is 2.09. The van der Waals surface area contributed by atoms with Crippen LogP contribution in [0.3, 0.4) is 0 Å². The number of methoxy groups -OCH3 is 1. The molecule has 2 aromatic rings. The van der Waals surface area contributed by atoms with E-state index in [1.54, 1.807) is 12.4 Å². The minimum Gasteiger partial charge on any atom is -0.492 e. The van der Waals surface area contributed by atoms with Gasteiger partial charge in [-0.25, -0.2) is 14.8 Å². The van der Waals surface area contributed by atoms with Crippen molar-refractivity contribution in [1.29, 1.82) is 0 Å². The zero-order chi connectivity index (χ0) is 14.7. The van der Waals surface area contributed by atoms with Crippen LogP contribution in [-0.4, -0.2) is 34.8 Å². The normalized spacial score (nSPS) is 16.7. The number of aromatic amines is 1. The Morgan fingerprint density at radius 2 is 2.48 bits per heavy atom. The van der Waals surface area contributed by atoms with Gasteiger partial charge in [0.15, 0.2) is 0 Å². The van der Waals surface area contributed by atoms with Gasteiger partial charge in [-0.1, -0.05) is 0 Å². The first-order valence-electron chi connectivity index (χ1n) is 6.72. The third-order valence-corrected chi connectivity index (χ3v) is 3.43. The van der Waals surface area contributed by atoms with E-state index in [1.165, 1.54) is 7.11 Å². The fraction of sp³-hybridized carbons (Fsp3) is 0.357. The zero-order valence-corrected chi connectivity index (χ0v) is 11.6. The summed E-state index contributed by atoms with van der Waals surface area (Å²) >= 11 is 0. The van der Waals surface area contributed by atoms with Crippen LogP contribution in [-0.2, 0) is 11.2 Å². The smallest absolute Gasteiger partial charge is 0.412 e. The van der Waals surface area contributed by atoms with Crippen molar-refractivity contribution >= 4 is 11.9 Å². The van der Waals surface area contributed by atoms with E-state index in [4.69, 9.17) is 4.74 Å². The van der Waals surface area contributed by atoms with Gasteiger partial charge < -0.3 is 14.5 Å². The molecule has 1 aliphatic heterocycles. The Hall–Kier alpha value is -2.57. The minimum atomic E-state index is -0.538. The molecule has 0 radical (unpaired) electrons. The molecule has 3 rings (SSSR count). The fourth-order valence-corrected chi connectivity index (χ4v) is 2.41. The molecule has 1 atom stereocenters. The van der Waals surface area contributed by atoms with Crippen LogP contribution in [0.25, 0.3) is 0 Å². The molecule has 1 aliphatic rings. The van der Waals surface area contributed by atoms with Crippen LogP contribution >= 0.6 is 0 Å². The van der Waals surface area contributed by atoms with Crippen LogP contribution in [0.4, 0.5) is 10.6 Å². The van der Waals surface area contributed by atoms with Crippen molar-refractivity contribution in [2.75, 3.05) is 19.0 Å². The van der Waals surface area contributed by atoms with Crippen molar-refractivity contribution in [2.24, 2.45) is 0 Å². The number of carbonyl (C=O) groups is 1. The first-order chi connectivity index (χ1) is 10.3. The molecular weight excluding hydrogens is 272 g/mol. The Balaban J connectivity index is 1.84. The quantitative estimate of drug-likeness (QED) is 0.902. The van der Waals surface area contributed by atoms with Crippen LogP contribution < -0.4 is 10.1 Å². The number of carbonyl (C=O) groups excluding carboxylic acids is 1. The van der Waals surface area contributed by atoms with Gasteiger partial charge in [0.25, 0.3) is 0 Å². The van der Waals surface area contributed by atoms with E-state index in [2.05, 4.69) is 25.0 Å². The van der Waals surface area contributed by atoms with Gasteiger partial charge in [0.05, 0.1) is 25.7 Å². The van der Waals surface area contributed by atoms with Crippen molar-refractivity contribution in [1.82, 2.24) is 15.0 Å². The number of amides is 1. The molecule has 2 N–H and O–H groups in total. The Labute approximate surface area is 121 Å². The van der Waals surface area contributed by atoms with Gasteiger partial charge in [-0.05, 0) is 25.0 Å². The van der Waals surface area contributed by atoms with Gasteiger partial charge >= 0.3 is 6.09 Å². The standard InChI is InChI=1S/C14H16N4O3/c1-20-14(19)18-12-3-2-11-13(17-12)9(4-5-21-11)6-10-7-15-8-16-10/h2-3,7-9H,4-6H2,1H3,(H,15,16)(H,17,18,19). The van der Waals surface area contributed by atoms with Crippen molar-refractivity contribution < 1.29 is 14.3 Å². The van der Waals surface area contributed by atoms with Gasteiger partial charge in [0.2, 0.25) is 0 Å². The summed E-state index contributed by atoms with van der Waals surface area (Å²) in [7, 11) is 1.32. The van der Waals surface area contributed by atoms with Gasteiger partial charge in [-0.3, -0.25) is 5.32 Å². The third kappa shape index (κ3) is 2.96. The monoisotopic (exact) mass is 288 g/mol. The third-order valence-electron chi connectivity index (χ3n) is 3.43. The average Bonchev–Trinajstić information content (AvgIpc) is 3.01. The van der Waals surface area contributed by atoms with Gasteiger partial charge in [-0.2, -0.15) is 0 Å². The van der Waals surface area contributed by atoms with E-state index in [-0.39, 0.29) is 5.92 Å². The maximum absolute atomic E-state index is 11.3. The van der Waals surface area contributed by atoms with Crippen LogP contribution in [0.15, 0.2) is 24.7 Å². The fourth-order valence-electron chi connectivity index (χ4n) is 2.41. The molecule has 21 heavy (non-hydrogen) atoms. The van der Waals surface area contributed by atoms with E-state index < -0.39 is 6.09 Å². The largest absolute Gasteiger partial charge is 0.492 e. The summed E-state index contributed by atoms with van der Waals surface area (Å²) in [6, 6.07) is 3.53. The molecule has 0 fully saturated rings. The number of hydrogen-bond acceptors (Lipinski definition) is 5. The number of aromatic nitrogens is 3. The zero-order valence-electron chi connectivity index (χ0n) is 11.6. The van der Waals surface area contributed by atoms with Crippen molar-refractivity contribution in [3.63, 3.8) is 0 Å². The highest BCUT2D eigenvalue weighted by Gasteiger charge is 2.24. The SMILES string of the molecule is COC(=O)Nc1ccc2c(n1)C(Cc1cnc[nH]1)CCO2. The minimum absolute atomic E-state index is 0.230. The number of pyridine rings is 1. The highest BCUT2D eigenvalue weighted by atomic mass is 16.5. The second kappa shape index (κ2) is 5.82. The molecule has 2 aromatic heterocycles. The summed E-state index contributed by atoms with van der Waals surface area (Å²) < 4.78 is 10.2. The lowest BCUT2D eigenvalue weighted by molar-refractivity contribution is 0.186. The number of H-pyrrole nitrogens is 1. The molecule has 0 spiro atoms. The number of anilines is 1. The summed E-state index contributed by atoms with van der Waals surface area (Å²) in [6.45, 7) is 0.664. The summed E-state index contributed by atoms with van der Waals surface area (Å²) in [5, 5.41) is 2.57. The van der Waals surface area contributed by atoms with Crippen molar-refractivity contribution in [3.8, 4) is 5.75 Å². The summed E-state index contributed by atoms with van der Waals surface area (Å²) in [5.74, 6) is 1.45. The van der Waals surface area contributed by atoms with E-state index in [9.17, 15) is 4.79 Å². The summed E-state index contributed by atoms with van der Waals surface area (Å²) in [4.78, 5) is 22.9. The summed E-state index contributed by atoms with van der Waals surface area (Å²) in [5.41, 5.74) is 1.91. The molecule has 0 aliphatic carbocycles. The summed E-state index contributed by atoms with van der Waals surface area (Å²) in [6.07, 6.45) is 4.62. The number of hydrogen-bond donors (Lipinski definition) is 2. The van der Waals surface area contributed by atoms with Gasteiger partial charge in [0.1, 0.15) is 11.6 Å². The lowest BCUT2D eigenvalue weighted by atomic mass is 9.93. The topological polar surface area (TPSA) is 89.1 Å². The van der Waals surface area contributed by atoms with E-state index in [0.29, 0.717) is 12.4 Å². The molecule has 0 bridgehead atoms. The van der Waals surface area contributed by atoms with Gasteiger partial charge in [-0.15, -0.1) is 0 Å². The van der Waals surface area contributed by atoms with E-state index >= 15 is 0 Å². The first kappa shape index (κ1) is 13.4. The Bertz CT molecular complexity index is 627. The van der Waals surface area contributed by atoms with Crippen molar-refractivity contribution in [3.05, 3.63) is 36.0 Å². The molecule has 3 heterocycles. The number of ether oxygens (including phenoxy) is 2. The maximum Gasteiger partial charge on any atom is 0.412 e. The Morgan fingerprint density at radius 1 is 1.57 bits per heavy atom. The maximum atomic E-state index is 11.3. The highest BCUT2D eigenvalue weighted by Crippen LogP contribution is 2.34. The Morgan fingerprint density at radius 3 is 3.24 bits per heavy atom. The van der Waals surface area contributed by atoms with Crippen LogP contribution in [0.1, 0.15) is 23.7 Å². The molecule has 0 aromatic carbocycles. The number of fused-ring (bicyclic) bond motifs is 1. The lowest BCUT2D eigenvalue weighted by Gasteiger charge is -2.25. The highest BCUT2D eigenvalue weighted by molar-refractivity contribution is 5.83. The van der Waals surface area contributed by atoms with Gasteiger partial charge in [0, 0.05) is 17.8 Å².